The van der Waals surface area contributed by atoms with Crippen molar-refractivity contribution in [2.45, 2.75) is 22.0 Å². The quantitative estimate of drug-likeness (QED) is 0.515. The van der Waals surface area contributed by atoms with Crippen LogP contribution in [0, 0.1) is 0 Å². The Kier molecular flexibility index (Phi) is 6.03. The molecule has 0 radical (unpaired) electrons. The first-order valence-corrected chi connectivity index (χ1v) is 10.1. The maximum Gasteiger partial charge on any atom is 0.206 e. The Morgan fingerprint density at radius 3 is 2.00 bits per heavy atom. The molecular formula is C18H19ClO6S. The van der Waals surface area contributed by atoms with Crippen LogP contribution in [0.3, 0.4) is 0 Å². The molecule has 0 aromatic heterocycles. The Hall–Kier alpha value is -1.80. The Morgan fingerprint density at radius 1 is 1.04 bits per heavy atom. The number of epoxide rings is 1. The molecule has 0 aliphatic carbocycles. The van der Waals surface area contributed by atoms with Gasteiger partial charge in [0.2, 0.25) is 9.84 Å². The summed E-state index contributed by atoms with van der Waals surface area (Å²) in [7, 11) is -3.63. The fraction of sp³-hybridized carbons (Fsp3) is 0.333. The molecule has 1 heterocycles. The van der Waals surface area contributed by atoms with E-state index in [-0.39, 0.29) is 28.4 Å². The first kappa shape index (κ1) is 19.0. The number of aliphatic hydroxyl groups is 1. The molecule has 2 atom stereocenters. The number of aliphatic hydroxyl groups excluding tert-OH is 1. The molecule has 1 fully saturated rings. The fourth-order valence-corrected chi connectivity index (χ4v) is 3.51. The van der Waals surface area contributed by atoms with E-state index in [4.69, 9.17) is 25.8 Å². The van der Waals surface area contributed by atoms with E-state index in [0.717, 1.165) is 0 Å². The van der Waals surface area contributed by atoms with Crippen molar-refractivity contribution in [3.8, 4) is 11.5 Å². The van der Waals surface area contributed by atoms with Gasteiger partial charge in [-0.1, -0.05) is 0 Å². The van der Waals surface area contributed by atoms with Gasteiger partial charge in [0, 0.05) is 0 Å². The monoisotopic (exact) mass is 398 g/mol. The van der Waals surface area contributed by atoms with Gasteiger partial charge in [-0.3, -0.25) is 0 Å². The lowest BCUT2D eigenvalue weighted by Crippen LogP contribution is -2.18. The summed E-state index contributed by atoms with van der Waals surface area (Å²) in [6.07, 6.45) is -0.628. The molecule has 2 unspecified atom stereocenters. The van der Waals surface area contributed by atoms with Gasteiger partial charge >= 0.3 is 0 Å². The van der Waals surface area contributed by atoms with Crippen molar-refractivity contribution >= 4 is 21.4 Å². The Labute approximate surface area is 157 Å². The molecule has 0 spiro atoms. The second kappa shape index (κ2) is 8.26. The highest BCUT2D eigenvalue weighted by Crippen LogP contribution is 2.25. The van der Waals surface area contributed by atoms with Gasteiger partial charge in [0.1, 0.15) is 36.9 Å². The van der Waals surface area contributed by atoms with Crippen LogP contribution in [0.5, 0.6) is 11.5 Å². The van der Waals surface area contributed by atoms with Crippen molar-refractivity contribution in [1.29, 1.82) is 0 Å². The Bertz CT molecular complexity index is 816. The van der Waals surface area contributed by atoms with Crippen LogP contribution in [0.2, 0.25) is 0 Å². The van der Waals surface area contributed by atoms with E-state index in [2.05, 4.69) is 0 Å². The van der Waals surface area contributed by atoms with Gasteiger partial charge in [-0.25, -0.2) is 8.42 Å². The van der Waals surface area contributed by atoms with Gasteiger partial charge in [-0.2, -0.15) is 0 Å². The van der Waals surface area contributed by atoms with Crippen molar-refractivity contribution in [1.82, 2.24) is 0 Å². The molecule has 0 saturated carbocycles. The lowest BCUT2D eigenvalue weighted by atomic mass is 10.3. The summed E-state index contributed by atoms with van der Waals surface area (Å²) in [5.41, 5.74) is 0. The summed E-state index contributed by atoms with van der Waals surface area (Å²) >= 11 is 5.50. The molecule has 0 amide bonds. The molecule has 1 saturated heterocycles. The lowest BCUT2D eigenvalue weighted by Gasteiger charge is -2.11. The average Bonchev–Trinajstić information content (AvgIpc) is 3.49. The van der Waals surface area contributed by atoms with E-state index in [1.54, 1.807) is 24.3 Å². The zero-order valence-corrected chi connectivity index (χ0v) is 15.4. The summed E-state index contributed by atoms with van der Waals surface area (Å²) in [6.45, 7) is 1.21. The summed E-state index contributed by atoms with van der Waals surface area (Å²) < 4.78 is 41.3. The second-order valence-corrected chi connectivity index (χ2v) is 8.09. The minimum atomic E-state index is -3.63. The maximum atomic E-state index is 12.7. The molecular weight excluding hydrogens is 380 g/mol. The normalized spacial score (nSPS) is 17.5. The maximum absolute atomic E-state index is 12.7. The third-order valence-corrected chi connectivity index (χ3v) is 5.87. The second-order valence-electron chi connectivity index (χ2n) is 5.83. The molecule has 0 bridgehead atoms. The molecule has 1 aliphatic rings. The summed E-state index contributed by atoms with van der Waals surface area (Å²) in [4.78, 5) is 0.335. The number of sulfone groups is 1. The first-order valence-electron chi connectivity index (χ1n) is 8.05. The van der Waals surface area contributed by atoms with Crippen molar-refractivity contribution in [3.05, 3.63) is 48.5 Å². The van der Waals surface area contributed by atoms with E-state index >= 15 is 0 Å². The molecule has 1 N–H and O–H groups in total. The van der Waals surface area contributed by atoms with E-state index in [1.165, 1.54) is 24.3 Å². The summed E-state index contributed by atoms with van der Waals surface area (Å²) in [5, 5.41) is 9.38. The molecule has 1 aliphatic heterocycles. The van der Waals surface area contributed by atoms with Gasteiger partial charge in [-0.15, -0.1) is 11.6 Å². The zero-order chi connectivity index (χ0) is 18.6. The minimum Gasteiger partial charge on any atom is -0.491 e. The standard InChI is InChI=1S/C18H19ClO6S/c19-9-13(20)10-23-14-1-5-17(6-2-14)26(21,22)18-7-3-15(4-8-18)24-11-16-12-25-16/h1-8,13,16,20H,9-12H2. The van der Waals surface area contributed by atoms with Crippen molar-refractivity contribution in [3.63, 3.8) is 0 Å². The van der Waals surface area contributed by atoms with Crippen LogP contribution in [-0.4, -0.2) is 51.4 Å². The number of benzene rings is 2. The lowest BCUT2D eigenvalue weighted by molar-refractivity contribution is 0.125. The zero-order valence-electron chi connectivity index (χ0n) is 13.9. The average molecular weight is 399 g/mol. The predicted octanol–water partition coefficient (Wildman–Crippen LogP) is 2.28. The van der Waals surface area contributed by atoms with E-state index in [0.29, 0.717) is 24.7 Å². The predicted molar refractivity (Wildman–Crippen MR) is 95.8 cm³/mol. The fourth-order valence-electron chi connectivity index (χ4n) is 2.16. The number of hydrogen-bond donors (Lipinski definition) is 1. The molecule has 6 nitrogen and oxygen atoms in total. The van der Waals surface area contributed by atoms with Gasteiger partial charge in [-0.05, 0) is 48.5 Å². The van der Waals surface area contributed by atoms with Crippen LogP contribution in [0.1, 0.15) is 0 Å². The Balaban J connectivity index is 1.66. The number of ether oxygens (including phenoxy) is 3. The van der Waals surface area contributed by atoms with Gasteiger partial charge < -0.3 is 19.3 Å². The largest absolute Gasteiger partial charge is 0.491 e. The van der Waals surface area contributed by atoms with Crippen LogP contribution in [-0.2, 0) is 14.6 Å². The Morgan fingerprint density at radius 2 is 1.54 bits per heavy atom. The van der Waals surface area contributed by atoms with E-state index in [9.17, 15) is 13.5 Å². The highest BCUT2D eigenvalue weighted by Gasteiger charge is 2.23. The van der Waals surface area contributed by atoms with Crippen LogP contribution in [0.15, 0.2) is 58.3 Å². The number of halogens is 1. The molecule has 3 rings (SSSR count). The van der Waals surface area contributed by atoms with Crippen molar-refractivity contribution in [2.75, 3.05) is 25.7 Å². The molecule has 2 aromatic rings. The third-order valence-electron chi connectivity index (χ3n) is 3.73. The summed E-state index contributed by atoms with van der Waals surface area (Å²) in [6, 6.07) is 12.3. The highest BCUT2D eigenvalue weighted by atomic mass is 35.5. The number of hydrogen-bond acceptors (Lipinski definition) is 6. The van der Waals surface area contributed by atoms with Crippen molar-refractivity contribution in [2.24, 2.45) is 0 Å². The van der Waals surface area contributed by atoms with Crippen LogP contribution < -0.4 is 9.47 Å². The molecule has 140 valence electrons. The highest BCUT2D eigenvalue weighted by molar-refractivity contribution is 7.91. The van der Waals surface area contributed by atoms with Gasteiger partial charge in [0.25, 0.3) is 0 Å². The minimum absolute atomic E-state index is 0.0446. The topological polar surface area (TPSA) is 85.4 Å². The molecule has 2 aromatic carbocycles. The smallest absolute Gasteiger partial charge is 0.206 e. The van der Waals surface area contributed by atoms with E-state index in [1.807, 2.05) is 0 Å². The molecule has 26 heavy (non-hydrogen) atoms. The first-order chi connectivity index (χ1) is 12.5. The van der Waals surface area contributed by atoms with Gasteiger partial charge in [0.05, 0.1) is 22.3 Å². The summed E-state index contributed by atoms with van der Waals surface area (Å²) in [5.74, 6) is 1.13. The number of rotatable bonds is 9. The third kappa shape index (κ3) is 4.88. The molecule has 8 heteroatoms. The van der Waals surface area contributed by atoms with E-state index < -0.39 is 15.9 Å². The SMILES string of the molecule is O=S(=O)(c1ccc(OCC(O)CCl)cc1)c1ccc(OCC2CO2)cc1. The van der Waals surface area contributed by atoms with Crippen LogP contribution in [0.25, 0.3) is 0 Å². The number of alkyl halides is 1. The van der Waals surface area contributed by atoms with Crippen LogP contribution in [0.4, 0.5) is 0 Å². The van der Waals surface area contributed by atoms with Crippen molar-refractivity contribution < 1.29 is 27.7 Å². The van der Waals surface area contributed by atoms with Crippen LogP contribution >= 0.6 is 11.6 Å². The van der Waals surface area contributed by atoms with Gasteiger partial charge in [0.15, 0.2) is 0 Å².